The van der Waals surface area contributed by atoms with Gasteiger partial charge in [0.1, 0.15) is 0 Å². The van der Waals surface area contributed by atoms with Gasteiger partial charge in [-0.05, 0) is 23.6 Å². The molecule has 0 aromatic heterocycles. The molecule has 1 amide bonds. The number of nitrogens with one attached hydrogen (secondary N) is 2. The van der Waals surface area contributed by atoms with Crippen molar-refractivity contribution < 1.29 is 9.53 Å². The van der Waals surface area contributed by atoms with Crippen molar-refractivity contribution in [3.63, 3.8) is 0 Å². The average Bonchev–Trinajstić information content (AvgIpc) is 2.74. The highest BCUT2D eigenvalue weighted by molar-refractivity contribution is 5.92. The zero-order valence-corrected chi connectivity index (χ0v) is 17.4. The molecule has 1 saturated heterocycles. The van der Waals surface area contributed by atoms with E-state index in [0.29, 0.717) is 24.1 Å². The fraction of sp³-hybridized carbons (Fsp3) is 0.619. The largest absolute Gasteiger partial charge is 0.379 e. The van der Waals surface area contributed by atoms with Crippen LogP contribution in [0.15, 0.2) is 29.3 Å². The summed E-state index contributed by atoms with van der Waals surface area (Å²) >= 11 is 0. The second-order valence-corrected chi connectivity index (χ2v) is 7.16. The molecule has 28 heavy (non-hydrogen) atoms. The van der Waals surface area contributed by atoms with Crippen molar-refractivity contribution in [2.24, 2.45) is 16.6 Å². The first-order chi connectivity index (χ1) is 13.6. The lowest BCUT2D eigenvalue weighted by atomic mass is 9.92. The Morgan fingerprint density at radius 3 is 2.57 bits per heavy atom. The predicted molar refractivity (Wildman–Crippen MR) is 113 cm³/mol. The number of ether oxygens (including phenoxy) is 1. The van der Waals surface area contributed by atoms with Gasteiger partial charge in [-0.2, -0.15) is 0 Å². The maximum absolute atomic E-state index is 11.3. The summed E-state index contributed by atoms with van der Waals surface area (Å²) in [5, 5.41) is 6.82. The number of aliphatic imine (C=N–C) groups is 1. The summed E-state index contributed by atoms with van der Waals surface area (Å²) < 4.78 is 5.53. The third kappa shape index (κ3) is 6.49. The van der Waals surface area contributed by atoms with E-state index in [0.717, 1.165) is 57.2 Å². The van der Waals surface area contributed by atoms with E-state index in [1.165, 1.54) is 0 Å². The molecule has 156 valence electrons. The Labute approximate surface area is 168 Å². The van der Waals surface area contributed by atoms with Crippen molar-refractivity contribution >= 4 is 11.9 Å². The molecule has 1 aromatic carbocycles. The van der Waals surface area contributed by atoms with Gasteiger partial charge in [0.05, 0.1) is 13.2 Å². The van der Waals surface area contributed by atoms with Gasteiger partial charge < -0.3 is 21.1 Å². The second-order valence-electron chi connectivity index (χ2n) is 7.16. The highest BCUT2D eigenvalue weighted by Crippen LogP contribution is 2.19. The maximum Gasteiger partial charge on any atom is 0.248 e. The molecule has 7 heteroatoms. The van der Waals surface area contributed by atoms with Crippen molar-refractivity contribution in [1.29, 1.82) is 0 Å². The van der Waals surface area contributed by atoms with E-state index >= 15 is 0 Å². The Balaban J connectivity index is 1.94. The Morgan fingerprint density at radius 2 is 1.96 bits per heavy atom. The van der Waals surface area contributed by atoms with E-state index in [1.807, 2.05) is 18.2 Å². The molecule has 4 N–H and O–H groups in total. The summed E-state index contributed by atoms with van der Waals surface area (Å²) in [4.78, 5) is 18.2. The van der Waals surface area contributed by atoms with Gasteiger partial charge >= 0.3 is 0 Å². The zero-order valence-electron chi connectivity index (χ0n) is 17.4. The monoisotopic (exact) mass is 389 g/mol. The highest BCUT2D eigenvalue weighted by atomic mass is 16.5. The minimum atomic E-state index is -0.414. The van der Waals surface area contributed by atoms with Crippen LogP contribution in [0.25, 0.3) is 0 Å². The highest BCUT2D eigenvalue weighted by Gasteiger charge is 2.26. The van der Waals surface area contributed by atoms with Crippen molar-refractivity contribution in [2.45, 2.75) is 39.3 Å². The molecule has 1 heterocycles. The zero-order chi connectivity index (χ0) is 20.4. The average molecular weight is 390 g/mol. The lowest BCUT2D eigenvalue weighted by molar-refractivity contribution is 0.00272. The normalized spacial score (nSPS) is 16.8. The molecule has 7 nitrogen and oxygen atoms in total. The van der Waals surface area contributed by atoms with Crippen LogP contribution in [0.1, 0.15) is 42.6 Å². The minimum Gasteiger partial charge on any atom is -0.379 e. The first-order valence-electron chi connectivity index (χ1n) is 10.2. The Kier molecular flexibility index (Phi) is 9.23. The smallest absolute Gasteiger partial charge is 0.248 e. The number of hydrogen-bond acceptors (Lipinski definition) is 4. The number of rotatable bonds is 9. The van der Waals surface area contributed by atoms with Gasteiger partial charge in [0.25, 0.3) is 0 Å². The fourth-order valence-electron chi connectivity index (χ4n) is 3.78. The molecule has 1 aliphatic rings. The summed E-state index contributed by atoms with van der Waals surface area (Å²) in [5.74, 6) is 0.979. The molecule has 1 atom stereocenters. The first kappa shape index (κ1) is 22.2. The van der Waals surface area contributed by atoms with Crippen LogP contribution >= 0.6 is 0 Å². The van der Waals surface area contributed by atoms with Crippen molar-refractivity contribution in [1.82, 2.24) is 15.5 Å². The lowest BCUT2D eigenvalue weighted by Gasteiger charge is -2.39. The van der Waals surface area contributed by atoms with E-state index in [9.17, 15) is 4.79 Å². The van der Waals surface area contributed by atoms with Gasteiger partial charge in [0, 0.05) is 44.8 Å². The third-order valence-electron chi connectivity index (χ3n) is 5.48. The van der Waals surface area contributed by atoms with Crippen LogP contribution in [0, 0.1) is 5.92 Å². The van der Waals surface area contributed by atoms with Crippen molar-refractivity contribution in [2.75, 3.05) is 39.9 Å². The summed E-state index contributed by atoms with van der Waals surface area (Å²) in [7, 11) is 1.77. The Morgan fingerprint density at radius 1 is 1.25 bits per heavy atom. The number of nitrogens with two attached hydrogens (primary N) is 1. The third-order valence-corrected chi connectivity index (χ3v) is 5.48. The molecule has 1 aliphatic heterocycles. The van der Waals surface area contributed by atoms with Crippen LogP contribution < -0.4 is 16.4 Å². The van der Waals surface area contributed by atoms with E-state index in [-0.39, 0.29) is 0 Å². The van der Waals surface area contributed by atoms with Crippen LogP contribution in [0.5, 0.6) is 0 Å². The van der Waals surface area contributed by atoms with Crippen molar-refractivity contribution in [3.8, 4) is 0 Å². The number of amides is 1. The van der Waals surface area contributed by atoms with Gasteiger partial charge in [0.2, 0.25) is 5.91 Å². The van der Waals surface area contributed by atoms with E-state index in [2.05, 4.69) is 34.4 Å². The molecule has 0 bridgehead atoms. The summed E-state index contributed by atoms with van der Waals surface area (Å²) in [6, 6.07) is 7.79. The van der Waals surface area contributed by atoms with Crippen molar-refractivity contribution in [3.05, 3.63) is 35.4 Å². The van der Waals surface area contributed by atoms with Gasteiger partial charge in [-0.15, -0.1) is 0 Å². The maximum atomic E-state index is 11.3. The van der Waals surface area contributed by atoms with Crippen LogP contribution in [0.2, 0.25) is 0 Å². The van der Waals surface area contributed by atoms with Crippen LogP contribution in [0.4, 0.5) is 0 Å². The molecule has 1 fully saturated rings. The van der Waals surface area contributed by atoms with Gasteiger partial charge in [-0.3, -0.25) is 14.7 Å². The molecule has 1 unspecified atom stereocenters. The van der Waals surface area contributed by atoms with Gasteiger partial charge in [-0.1, -0.05) is 38.8 Å². The first-order valence-corrected chi connectivity index (χ1v) is 10.2. The molecule has 1 aromatic rings. The van der Waals surface area contributed by atoms with E-state index in [4.69, 9.17) is 10.5 Å². The molecular weight excluding hydrogens is 354 g/mol. The predicted octanol–water partition coefficient (Wildman–Crippen LogP) is 1.59. The van der Waals surface area contributed by atoms with Gasteiger partial charge in [-0.25, -0.2) is 0 Å². The summed E-state index contributed by atoms with van der Waals surface area (Å²) in [5.41, 5.74) is 6.87. The minimum absolute atomic E-state index is 0.414. The Bertz CT molecular complexity index is 639. The quantitative estimate of drug-likeness (QED) is 0.441. The summed E-state index contributed by atoms with van der Waals surface area (Å²) in [6.07, 6.45) is 2.32. The van der Waals surface area contributed by atoms with Crippen LogP contribution in [0.3, 0.4) is 0 Å². The SMILES string of the molecule is CCC(CC)C(CNC(=NC)NCc1cccc(C(N)=O)c1)N1CCOCC1. The topological polar surface area (TPSA) is 92.0 Å². The molecule has 0 aliphatic carbocycles. The summed E-state index contributed by atoms with van der Waals surface area (Å²) in [6.45, 7) is 9.52. The van der Waals surface area contributed by atoms with Gasteiger partial charge in [0.15, 0.2) is 5.96 Å². The van der Waals surface area contributed by atoms with Crippen LogP contribution in [-0.4, -0.2) is 62.7 Å². The van der Waals surface area contributed by atoms with E-state index < -0.39 is 5.91 Å². The molecular formula is C21H35N5O2. The number of nitrogens with zero attached hydrogens (tertiary/aromatic N) is 2. The number of benzene rings is 1. The molecule has 2 rings (SSSR count). The van der Waals surface area contributed by atoms with E-state index in [1.54, 1.807) is 13.1 Å². The number of guanidine groups is 1. The molecule has 0 spiro atoms. The fourth-order valence-corrected chi connectivity index (χ4v) is 3.78. The number of morpholine rings is 1. The lowest BCUT2D eigenvalue weighted by Crippen LogP contribution is -2.53. The number of carbonyl (C=O) groups is 1. The number of carbonyl (C=O) groups excluding carboxylic acids is 1. The van der Waals surface area contributed by atoms with Crippen LogP contribution in [-0.2, 0) is 11.3 Å². The standard InChI is InChI=1S/C21H35N5O2/c1-4-17(5-2)19(26-9-11-28-12-10-26)15-25-21(23-3)24-14-16-7-6-8-18(13-16)20(22)27/h6-8,13,17,19H,4-5,9-12,14-15H2,1-3H3,(H2,22,27)(H2,23,24,25). The molecule has 0 radical (unpaired) electrons. The second kappa shape index (κ2) is 11.7. The number of hydrogen-bond donors (Lipinski definition) is 3. The number of primary amides is 1. The Hall–Kier alpha value is -2.12. The molecule has 0 saturated carbocycles.